The summed E-state index contributed by atoms with van der Waals surface area (Å²) in [5, 5.41) is 8.98. The van der Waals surface area contributed by atoms with Crippen LogP contribution in [0, 0.1) is 0 Å². The number of halogens is 1. The van der Waals surface area contributed by atoms with Crippen LogP contribution in [0.15, 0.2) is 0 Å². The Kier molecular flexibility index (Phi) is 7.16. The van der Waals surface area contributed by atoms with E-state index in [2.05, 4.69) is 16.0 Å². The van der Waals surface area contributed by atoms with Gasteiger partial charge in [-0.15, -0.1) is 12.4 Å². The van der Waals surface area contributed by atoms with Crippen LogP contribution >= 0.6 is 12.4 Å². The molecule has 19 heavy (non-hydrogen) atoms. The molecule has 0 aromatic heterocycles. The van der Waals surface area contributed by atoms with Crippen molar-refractivity contribution in [2.45, 2.75) is 57.0 Å². The van der Waals surface area contributed by atoms with Crippen molar-refractivity contribution in [1.82, 2.24) is 16.0 Å². The number of hydrogen-bond donors (Lipinski definition) is 3. The third kappa shape index (κ3) is 5.37. The van der Waals surface area contributed by atoms with E-state index in [0.29, 0.717) is 19.0 Å². The summed E-state index contributed by atoms with van der Waals surface area (Å²) in [6, 6.07) is 0.313. The Bertz CT molecular complexity index is 300. The highest BCUT2D eigenvalue weighted by molar-refractivity contribution is 5.85. The predicted molar refractivity (Wildman–Crippen MR) is 76.3 cm³/mol. The van der Waals surface area contributed by atoms with Gasteiger partial charge in [0, 0.05) is 19.0 Å². The molecule has 1 unspecified atom stereocenters. The minimum atomic E-state index is -0.0529. The van der Waals surface area contributed by atoms with E-state index in [1.54, 1.807) is 0 Å². The fraction of sp³-hybridized carbons (Fsp3) is 0.846. The third-order valence-electron chi connectivity index (χ3n) is 3.75. The quantitative estimate of drug-likeness (QED) is 0.699. The van der Waals surface area contributed by atoms with Crippen molar-refractivity contribution in [3.05, 3.63) is 0 Å². The molecule has 0 radical (unpaired) electrons. The van der Waals surface area contributed by atoms with Crippen LogP contribution in [0.2, 0.25) is 0 Å². The Balaban J connectivity index is 0.00000180. The first-order valence-electron chi connectivity index (χ1n) is 7.06. The van der Waals surface area contributed by atoms with Crippen LogP contribution in [0.1, 0.15) is 44.9 Å². The van der Waals surface area contributed by atoms with Crippen LogP contribution in [0.25, 0.3) is 0 Å². The smallest absolute Gasteiger partial charge is 0.237 e. The Morgan fingerprint density at radius 3 is 2.47 bits per heavy atom. The van der Waals surface area contributed by atoms with Gasteiger partial charge in [0.2, 0.25) is 11.8 Å². The van der Waals surface area contributed by atoms with Gasteiger partial charge in [0.1, 0.15) is 0 Å². The van der Waals surface area contributed by atoms with Crippen molar-refractivity contribution in [3.63, 3.8) is 0 Å². The molecule has 0 bridgehead atoms. The Morgan fingerprint density at radius 1 is 1.11 bits per heavy atom. The van der Waals surface area contributed by atoms with E-state index in [1.165, 1.54) is 12.8 Å². The predicted octanol–water partition coefficient (Wildman–Crippen LogP) is 0.725. The van der Waals surface area contributed by atoms with Crippen LogP contribution in [-0.2, 0) is 9.59 Å². The van der Waals surface area contributed by atoms with Crippen molar-refractivity contribution < 1.29 is 9.59 Å². The molecule has 1 atom stereocenters. The van der Waals surface area contributed by atoms with Crippen molar-refractivity contribution in [1.29, 1.82) is 0 Å². The summed E-state index contributed by atoms with van der Waals surface area (Å²) in [6.07, 6.45) is 6.98. The summed E-state index contributed by atoms with van der Waals surface area (Å²) in [4.78, 5) is 23.3. The van der Waals surface area contributed by atoms with E-state index in [-0.39, 0.29) is 30.3 Å². The Morgan fingerprint density at radius 2 is 1.84 bits per heavy atom. The molecule has 1 saturated heterocycles. The second-order valence-corrected chi connectivity index (χ2v) is 5.24. The molecular weight excluding hydrogens is 266 g/mol. The zero-order valence-electron chi connectivity index (χ0n) is 11.2. The fourth-order valence-corrected chi connectivity index (χ4v) is 2.70. The topological polar surface area (TPSA) is 70.2 Å². The SMILES string of the molecule is Cl.O=C(CCNC(=O)C1CCCN1)NC1CCCC1. The zero-order chi connectivity index (χ0) is 12.8. The van der Waals surface area contributed by atoms with Gasteiger partial charge in [-0.05, 0) is 32.2 Å². The number of carbonyl (C=O) groups is 2. The van der Waals surface area contributed by atoms with Crippen LogP contribution in [0.5, 0.6) is 0 Å². The normalized spacial score (nSPS) is 22.8. The highest BCUT2D eigenvalue weighted by atomic mass is 35.5. The van der Waals surface area contributed by atoms with E-state index in [9.17, 15) is 9.59 Å². The highest BCUT2D eigenvalue weighted by Crippen LogP contribution is 2.17. The summed E-state index contributed by atoms with van der Waals surface area (Å²) in [7, 11) is 0. The summed E-state index contributed by atoms with van der Waals surface area (Å²) >= 11 is 0. The maximum Gasteiger partial charge on any atom is 0.237 e. The van der Waals surface area contributed by atoms with Gasteiger partial charge in [-0.3, -0.25) is 9.59 Å². The summed E-state index contributed by atoms with van der Waals surface area (Å²) < 4.78 is 0. The average molecular weight is 290 g/mol. The molecular formula is C13H24ClN3O2. The molecule has 3 N–H and O–H groups in total. The molecule has 6 heteroatoms. The Hall–Kier alpha value is -0.810. The van der Waals surface area contributed by atoms with Gasteiger partial charge in [0.15, 0.2) is 0 Å². The van der Waals surface area contributed by atoms with Gasteiger partial charge >= 0.3 is 0 Å². The van der Waals surface area contributed by atoms with Gasteiger partial charge in [-0.25, -0.2) is 0 Å². The number of amides is 2. The van der Waals surface area contributed by atoms with Gasteiger partial charge in [-0.1, -0.05) is 12.8 Å². The summed E-state index contributed by atoms with van der Waals surface area (Å²) in [5.74, 6) is 0.0859. The fourth-order valence-electron chi connectivity index (χ4n) is 2.70. The lowest BCUT2D eigenvalue weighted by Gasteiger charge is -2.13. The largest absolute Gasteiger partial charge is 0.354 e. The third-order valence-corrected chi connectivity index (χ3v) is 3.75. The van der Waals surface area contributed by atoms with E-state index in [0.717, 1.165) is 32.2 Å². The van der Waals surface area contributed by atoms with E-state index in [4.69, 9.17) is 0 Å². The van der Waals surface area contributed by atoms with E-state index >= 15 is 0 Å². The van der Waals surface area contributed by atoms with Crippen LogP contribution in [0.4, 0.5) is 0 Å². The van der Waals surface area contributed by atoms with Crippen LogP contribution in [-0.4, -0.2) is 37.0 Å². The van der Waals surface area contributed by atoms with Crippen molar-refractivity contribution in [2.75, 3.05) is 13.1 Å². The monoisotopic (exact) mass is 289 g/mol. The second kappa shape index (κ2) is 8.38. The molecule has 0 spiro atoms. The molecule has 1 aliphatic carbocycles. The molecule has 1 saturated carbocycles. The van der Waals surface area contributed by atoms with Gasteiger partial charge < -0.3 is 16.0 Å². The van der Waals surface area contributed by atoms with E-state index < -0.39 is 0 Å². The lowest BCUT2D eigenvalue weighted by Crippen LogP contribution is -2.42. The molecule has 110 valence electrons. The van der Waals surface area contributed by atoms with Gasteiger partial charge in [0.25, 0.3) is 0 Å². The van der Waals surface area contributed by atoms with Gasteiger partial charge in [-0.2, -0.15) is 0 Å². The first-order chi connectivity index (χ1) is 8.75. The van der Waals surface area contributed by atoms with Crippen molar-refractivity contribution >= 4 is 24.2 Å². The number of carbonyl (C=O) groups excluding carboxylic acids is 2. The molecule has 2 amide bonds. The number of hydrogen-bond acceptors (Lipinski definition) is 3. The minimum absolute atomic E-state index is 0. The van der Waals surface area contributed by atoms with Crippen LogP contribution in [0.3, 0.4) is 0 Å². The number of rotatable bonds is 5. The van der Waals surface area contributed by atoms with Crippen molar-refractivity contribution in [2.24, 2.45) is 0 Å². The van der Waals surface area contributed by atoms with E-state index in [1.807, 2.05) is 0 Å². The molecule has 1 heterocycles. The highest BCUT2D eigenvalue weighted by Gasteiger charge is 2.22. The zero-order valence-corrected chi connectivity index (χ0v) is 12.1. The number of nitrogens with one attached hydrogen (secondary N) is 3. The molecule has 1 aliphatic heterocycles. The maximum atomic E-state index is 11.7. The standard InChI is InChI=1S/C13H23N3O2.ClH/c17-12(16-10-4-1-2-5-10)7-9-15-13(18)11-6-3-8-14-11;/h10-11,14H,1-9H2,(H,15,18)(H,16,17);1H. The van der Waals surface area contributed by atoms with Crippen molar-refractivity contribution in [3.8, 4) is 0 Å². The molecule has 2 rings (SSSR count). The molecule has 0 aromatic rings. The molecule has 2 fully saturated rings. The average Bonchev–Trinajstić information content (AvgIpc) is 3.00. The second-order valence-electron chi connectivity index (χ2n) is 5.24. The van der Waals surface area contributed by atoms with Crippen LogP contribution < -0.4 is 16.0 Å². The Labute approximate surface area is 120 Å². The minimum Gasteiger partial charge on any atom is -0.354 e. The lowest BCUT2D eigenvalue weighted by molar-refractivity contribution is -0.123. The molecule has 2 aliphatic rings. The molecule has 0 aromatic carbocycles. The van der Waals surface area contributed by atoms with Gasteiger partial charge in [0.05, 0.1) is 6.04 Å². The molecule has 5 nitrogen and oxygen atoms in total. The summed E-state index contributed by atoms with van der Waals surface area (Å²) in [6.45, 7) is 1.36. The first kappa shape index (κ1) is 16.2. The lowest BCUT2D eigenvalue weighted by atomic mass is 10.2. The summed E-state index contributed by atoms with van der Waals surface area (Å²) in [5.41, 5.74) is 0. The first-order valence-corrected chi connectivity index (χ1v) is 7.06. The maximum absolute atomic E-state index is 11.7.